The number of nitrogen functional groups attached to an aromatic ring is 1. The van der Waals surface area contributed by atoms with Crippen molar-refractivity contribution in [2.45, 2.75) is 26.2 Å². The molecule has 0 aromatic heterocycles. The third-order valence-corrected chi connectivity index (χ3v) is 3.19. The van der Waals surface area contributed by atoms with Crippen LogP contribution < -0.4 is 16.4 Å². The minimum Gasteiger partial charge on any atom is -0.399 e. The Bertz CT molecular complexity index is 427. The first kappa shape index (κ1) is 12.7. The van der Waals surface area contributed by atoms with Crippen LogP contribution in [0.25, 0.3) is 0 Å². The summed E-state index contributed by atoms with van der Waals surface area (Å²) in [7, 11) is 0. The van der Waals surface area contributed by atoms with Gasteiger partial charge in [0.15, 0.2) is 0 Å². The second-order valence-corrected chi connectivity index (χ2v) is 4.82. The Balaban J connectivity index is 2.03. The molecule has 4 heteroatoms. The fourth-order valence-corrected chi connectivity index (χ4v) is 1.98. The highest BCUT2D eigenvalue weighted by Gasteiger charge is 2.20. The number of hydrogen-bond acceptors (Lipinski definition) is 3. The SMILES string of the molecule is CCNC(=O)c1ccc(N)cc1NCCC1CC1. The second-order valence-electron chi connectivity index (χ2n) is 4.82. The van der Waals surface area contributed by atoms with Gasteiger partial charge in [-0.1, -0.05) is 12.8 Å². The molecule has 0 saturated heterocycles. The molecule has 1 amide bonds. The van der Waals surface area contributed by atoms with E-state index >= 15 is 0 Å². The Morgan fingerprint density at radius 2 is 2.22 bits per heavy atom. The number of benzene rings is 1. The molecule has 18 heavy (non-hydrogen) atoms. The van der Waals surface area contributed by atoms with Crippen LogP contribution in [0, 0.1) is 5.92 Å². The molecule has 1 aliphatic rings. The molecule has 2 rings (SSSR count). The van der Waals surface area contributed by atoms with E-state index in [9.17, 15) is 4.79 Å². The number of anilines is 2. The van der Waals surface area contributed by atoms with Crippen LogP contribution in [0.4, 0.5) is 11.4 Å². The molecule has 1 aromatic carbocycles. The molecule has 1 aromatic rings. The molecule has 0 atom stereocenters. The lowest BCUT2D eigenvalue weighted by molar-refractivity contribution is 0.0956. The number of nitrogens with one attached hydrogen (secondary N) is 2. The number of carbonyl (C=O) groups excluding carboxylic acids is 1. The summed E-state index contributed by atoms with van der Waals surface area (Å²) in [4.78, 5) is 11.9. The maximum absolute atomic E-state index is 11.9. The van der Waals surface area contributed by atoms with E-state index in [1.54, 1.807) is 12.1 Å². The molecule has 4 N–H and O–H groups in total. The summed E-state index contributed by atoms with van der Waals surface area (Å²) in [6.45, 7) is 3.45. The highest BCUT2D eigenvalue weighted by Crippen LogP contribution is 2.32. The van der Waals surface area contributed by atoms with E-state index in [0.717, 1.165) is 18.2 Å². The van der Waals surface area contributed by atoms with E-state index in [2.05, 4.69) is 10.6 Å². The first-order chi connectivity index (χ1) is 8.70. The summed E-state index contributed by atoms with van der Waals surface area (Å²) in [5, 5.41) is 6.14. The number of carbonyl (C=O) groups is 1. The molecule has 4 nitrogen and oxygen atoms in total. The maximum atomic E-state index is 11.9. The predicted octanol–water partition coefficient (Wildman–Crippen LogP) is 2.23. The predicted molar refractivity (Wildman–Crippen MR) is 74.7 cm³/mol. The van der Waals surface area contributed by atoms with E-state index in [1.165, 1.54) is 19.3 Å². The van der Waals surface area contributed by atoms with E-state index < -0.39 is 0 Å². The molecule has 98 valence electrons. The Hall–Kier alpha value is -1.71. The molecule has 0 unspecified atom stereocenters. The van der Waals surface area contributed by atoms with Crippen LogP contribution in [-0.2, 0) is 0 Å². The van der Waals surface area contributed by atoms with Gasteiger partial charge in [0.2, 0.25) is 0 Å². The zero-order valence-corrected chi connectivity index (χ0v) is 10.8. The molecule has 0 radical (unpaired) electrons. The van der Waals surface area contributed by atoms with Gasteiger partial charge in [0.25, 0.3) is 5.91 Å². The molecule has 0 aliphatic heterocycles. The monoisotopic (exact) mass is 247 g/mol. The van der Waals surface area contributed by atoms with E-state index in [-0.39, 0.29) is 5.91 Å². The molecule has 0 bridgehead atoms. The van der Waals surface area contributed by atoms with Crippen molar-refractivity contribution in [2.24, 2.45) is 5.92 Å². The summed E-state index contributed by atoms with van der Waals surface area (Å²) in [6, 6.07) is 5.37. The summed E-state index contributed by atoms with van der Waals surface area (Å²) in [5.41, 5.74) is 7.95. The van der Waals surface area contributed by atoms with Gasteiger partial charge in [0.1, 0.15) is 0 Å². The smallest absolute Gasteiger partial charge is 0.253 e. The van der Waals surface area contributed by atoms with E-state index in [4.69, 9.17) is 5.73 Å². The zero-order chi connectivity index (χ0) is 13.0. The fourth-order valence-electron chi connectivity index (χ4n) is 1.98. The van der Waals surface area contributed by atoms with Crippen molar-refractivity contribution in [3.63, 3.8) is 0 Å². The molecular formula is C14H21N3O. The quantitative estimate of drug-likeness (QED) is 0.675. The van der Waals surface area contributed by atoms with Crippen LogP contribution in [-0.4, -0.2) is 19.0 Å². The van der Waals surface area contributed by atoms with Gasteiger partial charge in [-0.25, -0.2) is 0 Å². The Morgan fingerprint density at radius 3 is 2.89 bits per heavy atom. The first-order valence-corrected chi connectivity index (χ1v) is 6.62. The average Bonchev–Trinajstić information content (AvgIpc) is 3.13. The van der Waals surface area contributed by atoms with Crippen LogP contribution in [0.1, 0.15) is 36.5 Å². The van der Waals surface area contributed by atoms with Crippen molar-refractivity contribution in [2.75, 3.05) is 24.1 Å². The van der Waals surface area contributed by atoms with Gasteiger partial charge in [-0.3, -0.25) is 4.79 Å². The number of nitrogens with two attached hydrogens (primary N) is 1. The van der Waals surface area contributed by atoms with Crippen molar-refractivity contribution in [3.05, 3.63) is 23.8 Å². The minimum absolute atomic E-state index is 0.0496. The zero-order valence-electron chi connectivity index (χ0n) is 10.8. The maximum Gasteiger partial charge on any atom is 0.253 e. The standard InChI is InChI=1S/C14H21N3O/c1-2-16-14(18)12-6-5-11(15)9-13(12)17-8-7-10-3-4-10/h5-6,9-10,17H,2-4,7-8,15H2,1H3,(H,16,18). The Morgan fingerprint density at radius 1 is 1.44 bits per heavy atom. The first-order valence-electron chi connectivity index (χ1n) is 6.62. The van der Waals surface area contributed by atoms with Crippen LogP contribution in [0.15, 0.2) is 18.2 Å². The fraction of sp³-hybridized carbons (Fsp3) is 0.500. The van der Waals surface area contributed by atoms with Crippen molar-refractivity contribution in [3.8, 4) is 0 Å². The van der Waals surface area contributed by atoms with Gasteiger partial charge in [0.05, 0.1) is 5.56 Å². The minimum atomic E-state index is -0.0496. The van der Waals surface area contributed by atoms with E-state index in [1.807, 2.05) is 13.0 Å². The van der Waals surface area contributed by atoms with Crippen molar-refractivity contribution < 1.29 is 4.79 Å². The summed E-state index contributed by atoms with van der Waals surface area (Å²) in [5.74, 6) is 0.831. The van der Waals surface area contributed by atoms with Gasteiger partial charge >= 0.3 is 0 Å². The summed E-state index contributed by atoms with van der Waals surface area (Å²) < 4.78 is 0. The van der Waals surface area contributed by atoms with Gasteiger partial charge in [-0.15, -0.1) is 0 Å². The Kier molecular flexibility index (Phi) is 4.07. The third-order valence-electron chi connectivity index (χ3n) is 3.19. The van der Waals surface area contributed by atoms with Crippen LogP contribution in [0.5, 0.6) is 0 Å². The van der Waals surface area contributed by atoms with Crippen molar-refractivity contribution in [1.29, 1.82) is 0 Å². The highest BCUT2D eigenvalue weighted by atomic mass is 16.1. The highest BCUT2D eigenvalue weighted by molar-refractivity contribution is 6.00. The van der Waals surface area contributed by atoms with Crippen molar-refractivity contribution >= 4 is 17.3 Å². The Labute approximate surface area is 108 Å². The molecule has 1 fully saturated rings. The van der Waals surface area contributed by atoms with Gasteiger partial charge in [-0.2, -0.15) is 0 Å². The largest absolute Gasteiger partial charge is 0.399 e. The normalized spacial score (nSPS) is 14.3. The third kappa shape index (κ3) is 3.39. The lowest BCUT2D eigenvalue weighted by Gasteiger charge is -2.12. The lowest BCUT2D eigenvalue weighted by atomic mass is 10.1. The molecule has 0 heterocycles. The number of amides is 1. The van der Waals surface area contributed by atoms with Crippen LogP contribution in [0.2, 0.25) is 0 Å². The summed E-state index contributed by atoms with van der Waals surface area (Å²) in [6.07, 6.45) is 3.87. The van der Waals surface area contributed by atoms with E-state index in [0.29, 0.717) is 17.8 Å². The lowest BCUT2D eigenvalue weighted by Crippen LogP contribution is -2.24. The second kappa shape index (κ2) is 5.76. The van der Waals surface area contributed by atoms with Crippen molar-refractivity contribution in [1.82, 2.24) is 5.32 Å². The van der Waals surface area contributed by atoms with Crippen LogP contribution >= 0.6 is 0 Å². The van der Waals surface area contributed by atoms with Gasteiger partial charge in [-0.05, 0) is 37.5 Å². The molecule has 1 aliphatic carbocycles. The molecule has 0 spiro atoms. The number of rotatable bonds is 6. The average molecular weight is 247 g/mol. The van der Waals surface area contributed by atoms with Crippen LogP contribution in [0.3, 0.4) is 0 Å². The van der Waals surface area contributed by atoms with Gasteiger partial charge in [0, 0.05) is 24.5 Å². The number of hydrogen-bond donors (Lipinski definition) is 3. The van der Waals surface area contributed by atoms with Gasteiger partial charge < -0.3 is 16.4 Å². The molecular weight excluding hydrogens is 226 g/mol. The topological polar surface area (TPSA) is 67.2 Å². The molecule has 1 saturated carbocycles. The summed E-state index contributed by atoms with van der Waals surface area (Å²) >= 11 is 0.